The summed E-state index contributed by atoms with van der Waals surface area (Å²) in [5.74, 6) is -4.66. The highest BCUT2D eigenvalue weighted by Gasteiger charge is 2.56. The van der Waals surface area contributed by atoms with Crippen molar-refractivity contribution in [2.24, 2.45) is 0 Å². The summed E-state index contributed by atoms with van der Waals surface area (Å²) in [5, 5.41) is 0. The third kappa shape index (κ3) is 6.28. The molecule has 24 heavy (non-hydrogen) atoms. The Labute approximate surface area is 138 Å². The molecule has 0 spiro atoms. The van der Waals surface area contributed by atoms with Gasteiger partial charge in [0.1, 0.15) is 5.60 Å². The van der Waals surface area contributed by atoms with Crippen LogP contribution in [0.4, 0.5) is 26.7 Å². The molecule has 0 bridgehead atoms. The van der Waals surface area contributed by atoms with Crippen LogP contribution in [0, 0.1) is 0 Å². The topological polar surface area (TPSA) is 29.5 Å². The summed E-state index contributed by atoms with van der Waals surface area (Å²) >= 11 is 0. The average Bonchev–Trinajstić information content (AvgIpc) is 2.83. The molecule has 1 saturated heterocycles. The van der Waals surface area contributed by atoms with E-state index in [-0.39, 0.29) is 18.9 Å². The molecule has 1 aliphatic rings. The van der Waals surface area contributed by atoms with Crippen molar-refractivity contribution in [3.05, 3.63) is 12.2 Å². The number of carbonyl (C=O) groups is 1. The third-order valence-electron chi connectivity index (χ3n) is 3.56. The van der Waals surface area contributed by atoms with Crippen LogP contribution in [0.3, 0.4) is 0 Å². The predicted octanol–water partition coefficient (Wildman–Crippen LogP) is 5.31. The molecule has 0 aromatic rings. The van der Waals surface area contributed by atoms with E-state index in [4.69, 9.17) is 4.74 Å². The second kappa shape index (κ2) is 7.70. The van der Waals surface area contributed by atoms with Crippen molar-refractivity contribution in [1.29, 1.82) is 0 Å². The van der Waals surface area contributed by atoms with Crippen LogP contribution >= 0.6 is 0 Å². The minimum Gasteiger partial charge on any atom is -0.444 e. The summed E-state index contributed by atoms with van der Waals surface area (Å²) in [7, 11) is 0. The lowest BCUT2D eigenvalue weighted by molar-refractivity contribution is -0.284. The maximum absolute atomic E-state index is 12.8. The summed E-state index contributed by atoms with van der Waals surface area (Å²) in [6, 6.07) is -0.206. The van der Waals surface area contributed by atoms with Crippen LogP contribution in [0.5, 0.6) is 0 Å². The molecule has 0 aromatic heterocycles. The minimum absolute atomic E-state index is 0.102. The average molecular weight is 357 g/mol. The Bertz CT molecular complexity index is 454. The molecular weight excluding hydrogens is 333 g/mol. The lowest BCUT2D eigenvalue weighted by Gasteiger charge is -2.27. The first-order valence-electron chi connectivity index (χ1n) is 7.94. The second-order valence-electron chi connectivity index (χ2n) is 6.91. The number of likely N-dealkylation sites (tertiary alicyclic amines) is 1. The molecule has 1 fully saturated rings. The van der Waals surface area contributed by atoms with Crippen LogP contribution in [-0.4, -0.2) is 41.3 Å². The van der Waals surface area contributed by atoms with Gasteiger partial charge in [-0.15, -0.1) is 0 Å². The number of carbonyl (C=O) groups excluding carboxylic acids is 1. The van der Waals surface area contributed by atoms with E-state index in [1.165, 1.54) is 0 Å². The molecule has 1 amide bonds. The van der Waals surface area contributed by atoms with Gasteiger partial charge in [-0.2, -0.15) is 22.0 Å². The van der Waals surface area contributed by atoms with E-state index in [0.717, 1.165) is 6.42 Å². The van der Waals surface area contributed by atoms with Gasteiger partial charge in [-0.05, 0) is 46.5 Å². The molecule has 3 nitrogen and oxygen atoms in total. The van der Waals surface area contributed by atoms with Crippen LogP contribution in [-0.2, 0) is 4.74 Å². The molecule has 8 heteroatoms. The lowest BCUT2D eigenvalue weighted by Crippen LogP contribution is -2.39. The smallest absolute Gasteiger partial charge is 0.444 e. The van der Waals surface area contributed by atoms with Crippen molar-refractivity contribution in [1.82, 2.24) is 4.90 Å². The van der Waals surface area contributed by atoms with E-state index in [1.54, 1.807) is 37.8 Å². The molecule has 0 aromatic carbocycles. The fourth-order valence-corrected chi connectivity index (χ4v) is 2.38. The van der Waals surface area contributed by atoms with Crippen LogP contribution in [0.2, 0.25) is 0 Å². The van der Waals surface area contributed by atoms with E-state index in [9.17, 15) is 26.7 Å². The Kier molecular flexibility index (Phi) is 6.64. The zero-order chi connectivity index (χ0) is 18.6. The Morgan fingerprint density at radius 3 is 2.38 bits per heavy atom. The fourth-order valence-electron chi connectivity index (χ4n) is 2.38. The number of alkyl halides is 5. The minimum atomic E-state index is -5.50. The van der Waals surface area contributed by atoms with Gasteiger partial charge in [0, 0.05) is 13.0 Å². The molecule has 0 saturated carbocycles. The summed E-state index contributed by atoms with van der Waals surface area (Å²) in [4.78, 5) is 13.6. The first kappa shape index (κ1) is 20.7. The van der Waals surface area contributed by atoms with Crippen LogP contribution in [0.25, 0.3) is 0 Å². The van der Waals surface area contributed by atoms with Gasteiger partial charge in [0.15, 0.2) is 0 Å². The molecule has 0 N–H and O–H groups in total. The van der Waals surface area contributed by atoms with Crippen LogP contribution < -0.4 is 0 Å². The van der Waals surface area contributed by atoms with Crippen LogP contribution in [0.15, 0.2) is 12.2 Å². The zero-order valence-electron chi connectivity index (χ0n) is 14.1. The first-order valence-corrected chi connectivity index (χ1v) is 7.94. The largest absolute Gasteiger partial charge is 0.453 e. The van der Waals surface area contributed by atoms with E-state index in [2.05, 4.69) is 0 Å². The molecule has 1 aliphatic heterocycles. The van der Waals surface area contributed by atoms with Crippen molar-refractivity contribution >= 4 is 6.09 Å². The molecule has 140 valence electrons. The quantitative estimate of drug-likeness (QED) is 0.379. The molecule has 1 atom stereocenters. The highest BCUT2D eigenvalue weighted by atomic mass is 19.4. The summed E-state index contributed by atoms with van der Waals surface area (Å²) in [6.07, 6.45) is -2.61. The van der Waals surface area contributed by atoms with Gasteiger partial charge in [-0.25, -0.2) is 4.79 Å². The van der Waals surface area contributed by atoms with Gasteiger partial charge in [0.25, 0.3) is 0 Å². The monoisotopic (exact) mass is 357 g/mol. The Hall–Kier alpha value is -1.34. The van der Waals surface area contributed by atoms with E-state index >= 15 is 0 Å². The maximum atomic E-state index is 12.8. The summed E-state index contributed by atoms with van der Waals surface area (Å²) in [6.45, 7) is 5.81. The first-order chi connectivity index (χ1) is 10.8. The Balaban J connectivity index is 2.45. The van der Waals surface area contributed by atoms with E-state index in [0.29, 0.717) is 13.0 Å². The molecule has 1 unspecified atom stereocenters. The Morgan fingerprint density at radius 2 is 1.83 bits per heavy atom. The third-order valence-corrected chi connectivity index (χ3v) is 3.56. The summed E-state index contributed by atoms with van der Waals surface area (Å²) < 4.78 is 66.9. The number of allylic oxidation sites excluding steroid dienone is 1. The van der Waals surface area contributed by atoms with Gasteiger partial charge >= 0.3 is 18.2 Å². The van der Waals surface area contributed by atoms with E-state index in [1.807, 2.05) is 0 Å². The van der Waals surface area contributed by atoms with E-state index < -0.39 is 30.2 Å². The normalized spacial score (nSPS) is 20.0. The van der Waals surface area contributed by atoms with Gasteiger partial charge in [0.05, 0.1) is 6.04 Å². The molecule has 1 rings (SSSR count). The molecular formula is C16H24F5NO2. The predicted molar refractivity (Wildman–Crippen MR) is 80.0 cm³/mol. The number of amides is 1. The highest BCUT2D eigenvalue weighted by molar-refractivity contribution is 5.69. The number of hydrogen-bond acceptors (Lipinski definition) is 2. The SMILES string of the molecule is CC(C)(C)OC(=O)N1CCCC1/C=C\CCCC(F)(F)C(F)(F)F. The number of ether oxygens (including phenoxy) is 1. The fraction of sp³-hybridized carbons (Fsp3) is 0.812. The van der Waals surface area contributed by atoms with Crippen molar-refractivity contribution in [3.8, 4) is 0 Å². The highest BCUT2D eigenvalue weighted by Crippen LogP contribution is 2.39. The lowest BCUT2D eigenvalue weighted by atomic mass is 10.1. The van der Waals surface area contributed by atoms with Crippen molar-refractivity contribution in [3.63, 3.8) is 0 Å². The number of rotatable bonds is 5. The maximum Gasteiger partial charge on any atom is 0.453 e. The van der Waals surface area contributed by atoms with Gasteiger partial charge in [-0.3, -0.25) is 0 Å². The Morgan fingerprint density at radius 1 is 1.21 bits per heavy atom. The zero-order valence-corrected chi connectivity index (χ0v) is 14.1. The number of nitrogens with zero attached hydrogens (tertiary/aromatic N) is 1. The second-order valence-corrected chi connectivity index (χ2v) is 6.91. The van der Waals surface area contributed by atoms with Crippen molar-refractivity contribution < 1.29 is 31.5 Å². The number of unbranched alkanes of at least 4 members (excludes halogenated alkanes) is 1. The standard InChI is InChI=1S/C16H24F5NO2/c1-14(2,3)24-13(23)22-11-7-9-12(22)8-5-4-6-10-15(17,18)16(19,20)21/h5,8,12H,4,6-7,9-11H2,1-3H3/b8-5-. The van der Waals surface area contributed by atoms with Gasteiger partial charge < -0.3 is 9.64 Å². The number of hydrogen-bond donors (Lipinski definition) is 0. The van der Waals surface area contributed by atoms with Gasteiger partial charge in [0.2, 0.25) is 0 Å². The van der Waals surface area contributed by atoms with Crippen molar-refractivity contribution in [2.45, 2.75) is 76.6 Å². The molecule has 0 radical (unpaired) electrons. The van der Waals surface area contributed by atoms with Crippen molar-refractivity contribution in [2.75, 3.05) is 6.54 Å². The molecule has 1 heterocycles. The number of halogens is 5. The van der Waals surface area contributed by atoms with Gasteiger partial charge in [-0.1, -0.05) is 12.2 Å². The summed E-state index contributed by atoms with van der Waals surface area (Å²) in [5.41, 5.74) is -0.614. The van der Waals surface area contributed by atoms with Crippen LogP contribution in [0.1, 0.15) is 52.9 Å². The molecule has 0 aliphatic carbocycles.